The van der Waals surface area contributed by atoms with Gasteiger partial charge in [-0.1, -0.05) is 19.1 Å². The lowest BCUT2D eigenvalue weighted by Crippen LogP contribution is -2.51. The lowest BCUT2D eigenvalue weighted by Gasteiger charge is -2.53. The Kier molecular flexibility index (Phi) is 4.30. The summed E-state index contributed by atoms with van der Waals surface area (Å²) in [5.74, 6) is 0.760. The molecule has 0 aromatic carbocycles. The molecule has 3 fully saturated rings. The van der Waals surface area contributed by atoms with Crippen LogP contribution in [-0.4, -0.2) is 39.9 Å². The second-order valence-corrected chi connectivity index (χ2v) is 8.70. The third kappa shape index (κ3) is 3.00. The molecular weight excluding hydrogens is 304 g/mol. The van der Waals surface area contributed by atoms with Gasteiger partial charge in [-0.05, 0) is 69.9 Å². The molecule has 6 atom stereocenters. The number of hydrogen-bond acceptors (Lipinski definition) is 4. The second-order valence-electron chi connectivity index (χ2n) is 8.70. The van der Waals surface area contributed by atoms with Crippen LogP contribution in [0.3, 0.4) is 0 Å². The van der Waals surface area contributed by atoms with Crippen LogP contribution in [0.2, 0.25) is 0 Å². The molecule has 1 heterocycles. The van der Waals surface area contributed by atoms with Crippen LogP contribution < -0.4 is 0 Å². The van der Waals surface area contributed by atoms with Crippen molar-refractivity contribution < 1.29 is 19.7 Å². The van der Waals surface area contributed by atoms with Gasteiger partial charge in [-0.15, -0.1) is 0 Å². The predicted molar refractivity (Wildman–Crippen MR) is 92.4 cm³/mol. The molecule has 0 radical (unpaired) electrons. The van der Waals surface area contributed by atoms with Gasteiger partial charge in [0.25, 0.3) is 0 Å². The zero-order valence-corrected chi connectivity index (χ0v) is 15.0. The maximum atomic E-state index is 12.8. The van der Waals surface area contributed by atoms with Gasteiger partial charge < -0.3 is 14.9 Å². The molecule has 3 aliphatic rings. The van der Waals surface area contributed by atoms with Crippen LogP contribution in [0.25, 0.3) is 0 Å². The maximum absolute atomic E-state index is 12.8. The Morgan fingerprint density at radius 3 is 2.83 bits per heavy atom. The quantitative estimate of drug-likeness (QED) is 0.471. The maximum Gasteiger partial charge on any atom is 0.161 e. The minimum absolute atomic E-state index is 0.00881. The first-order valence-electron chi connectivity index (χ1n) is 9.04. The zero-order valence-electron chi connectivity index (χ0n) is 15.0. The Bertz CT molecular complexity index is 578. The number of aliphatic hydroxyl groups is 2. The Labute approximate surface area is 144 Å². The van der Waals surface area contributed by atoms with Gasteiger partial charge in [0.1, 0.15) is 5.60 Å². The predicted octanol–water partition coefficient (Wildman–Crippen LogP) is 2.79. The molecule has 0 amide bonds. The monoisotopic (exact) mass is 334 g/mol. The summed E-state index contributed by atoms with van der Waals surface area (Å²) in [5.41, 5.74) is -0.498. The minimum Gasteiger partial charge on any atom is -0.393 e. The van der Waals surface area contributed by atoms with Crippen LogP contribution in [0.15, 0.2) is 24.3 Å². The van der Waals surface area contributed by atoms with E-state index in [2.05, 4.69) is 13.5 Å². The Hall–Kier alpha value is -0.970. The van der Waals surface area contributed by atoms with Gasteiger partial charge in [0.2, 0.25) is 0 Å². The van der Waals surface area contributed by atoms with E-state index in [1.54, 1.807) is 0 Å². The standard InChI is InChI=1S/C20H30O4/c1-13-5-6-17-20(4,24-17)10-7-15-14(13)11-19(15,3)16(22)8-9-18(2,23)12-21/h8-9,14-15,17,21,23H,1,5-7,10-12H2,2-4H3/b9-8+/t14-,15-,17-,18+,19-,20-/m0/s1. The molecule has 1 aliphatic heterocycles. The second kappa shape index (κ2) is 5.79. The Morgan fingerprint density at radius 1 is 1.46 bits per heavy atom. The van der Waals surface area contributed by atoms with E-state index in [-0.39, 0.29) is 11.4 Å². The topological polar surface area (TPSA) is 70.1 Å². The summed E-state index contributed by atoms with van der Waals surface area (Å²) in [6.07, 6.45) is 8.07. The largest absolute Gasteiger partial charge is 0.393 e. The highest BCUT2D eigenvalue weighted by Crippen LogP contribution is 2.60. The summed E-state index contributed by atoms with van der Waals surface area (Å²) < 4.78 is 5.87. The van der Waals surface area contributed by atoms with Crippen molar-refractivity contribution in [1.82, 2.24) is 0 Å². The molecule has 0 spiro atoms. The average molecular weight is 334 g/mol. The molecular formula is C20H30O4. The molecule has 0 bridgehead atoms. The van der Waals surface area contributed by atoms with Crippen molar-refractivity contribution in [3.8, 4) is 0 Å². The third-order valence-electron chi connectivity index (χ3n) is 6.66. The fourth-order valence-corrected chi connectivity index (χ4v) is 4.58. The molecule has 4 heteroatoms. The summed E-state index contributed by atoms with van der Waals surface area (Å²) in [5, 5.41) is 19.0. The van der Waals surface area contributed by atoms with Crippen molar-refractivity contribution in [2.75, 3.05) is 6.61 Å². The summed E-state index contributed by atoms with van der Waals surface area (Å²) in [4.78, 5) is 12.8. The molecule has 3 rings (SSSR count). The van der Waals surface area contributed by atoms with E-state index in [9.17, 15) is 9.90 Å². The van der Waals surface area contributed by atoms with E-state index in [1.165, 1.54) is 24.6 Å². The van der Waals surface area contributed by atoms with Gasteiger partial charge in [-0.25, -0.2) is 0 Å². The molecule has 0 unspecified atom stereocenters. The summed E-state index contributed by atoms with van der Waals surface area (Å²) in [6, 6.07) is 0. The van der Waals surface area contributed by atoms with Gasteiger partial charge in [-0.2, -0.15) is 0 Å². The molecule has 2 aliphatic carbocycles. The summed E-state index contributed by atoms with van der Waals surface area (Å²) >= 11 is 0. The highest BCUT2D eigenvalue weighted by Gasteiger charge is 2.58. The van der Waals surface area contributed by atoms with Crippen LogP contribution >= 0.6 is 0 Å². The van der Waals surface area contributed by atoms with Crippen molar-refractivity contribution in [3.05, 3.63) is 24.3 Å². The van der Waals surface area contributed by atoms with Crippen molar-refractivity contribution in [1.29, 1.82) is 0 Å². The van der Waals surface area contributed by atoms with Crippen LogP contribution in [0, 0.1) is 17.3 Å². The Balaban J connectivity index is 1.74. The number of ketones is 1. The number of fused-ring (bicyclic) bond motifs is 2. The van der Waals surface area contributed by atoms with Gasteiger partial charge in [0, 0.05) is 5.41 Å². The lowest BCUT2D eigenvalue weighted by molar-refractivity contribution is -0.138. The molecule has 0 aromatic heterocycles. The van der Waals surface area contributed by atoms with E-state index >= 15 is 0 Å². The minimum atomic E-state index is -1.35. The molecule has 134 valence electrons. The first-order chi connectivity index (χ1) is 11.1. The fraction of sp³-hybridized carbons (Fsp3) is 0.750. The molecule has 0 aromatic rings. The Morgan fingerprint density at radius 2 is 2.17 bits per heavy atom. The van der Waals surface area contributed by atoms with Crippen molar-refractivity contribution in [2.45, 2.75) is 70.2 Å². The third-order valence-corrected chi connectivity index (χ3v) is 6.66. The summed E-state index contributed by atoms with van der Waals surface area (Å²) in [6.45, 7) is 9.59. The summed E-state index contributed by atoms with van der Waals surface area (Å²) in [7, 11) is 0. The van der Waals surface area contributed by atoms with E-state index in [4.69, 9.17) is 9.84 Å². The van der Waals surface area contributed by atoms with Crippen molar-refractivity contribution in [3.63, 3.8) is 0 Å². The van der Waals surface area contributed by atoms with Gasteiger partial charge in [0.15, 0.2) is 5.78 Å². The highest BCUT2D eigenvalue weighted by atomic mass is 16.6. The zero-order chi connectivity index (χ0) is 17.8. The van der Waals surface area contributed by atoms with Gasteiger partial charge >= 0.3 is 0 Å². The molecule has 24 heavy (non-hydrogen) atoms. The number of aliphatic hydroxyl groups excluding tert-OH is 1. The molecule has 2 N–H and O–H groups in total. The highest BCUT2D eigenvalue weighted by molar-refractivity contribution is 5.95. The SMILES string of the molecule is C=C1CC[C@@H]2O[C@@]2(C)CC[C@H]2[C@H]1C[C@]2(C)C(=O)/C=C/[C@@](C)(O)CO. The molecule has 1 saturated heterocycles. The van der Waals surface area contributed by atoms with Crippen LogP contribution in [-0.2, 0) is 9.53 Å². The van der Waals surface area contributed by atoms with Crippen molar-refractivity contribution in [2.24, 2.45) is 17.3 Å². The van der Waals surface area contributed by atoms with Crippen molar-refractivity contribution >= 4 is 5.78 Å². The number of rotatable bonds is 4. The van der Waals surface area contributed by atoms with E-state index in [0.29, 0.717) is 17.9 Å². The number of carbonyl (C=O) groups excluding carboxylic acids is 1. The number of carbonyl (C=O) groups is 1. The van der Waals surface area contributed by atoms with Gasteiger partial charge in [-0.3, -0.25) is 4.79 Å². The fourth-order valence-electron chi connectivity index (χ4n) is 4.58. The van der Waals surface area contributed by atoms with Gasteiger partial charge in [0.05, 0.1) is 18.3 Å². The van der Waals surface area contributed by atoms with Crippen LogP contribution in [0.4, 0.5) is 0 Å². The number of allylic oxidation sites excluding steroid dienone is 2. The van der Waals surface area contributed by atoms with E-state index in [0.717, 1.165) is 32.1 Å². The first kappa shape index (κ1) is 17.8. The normalized spacial score (nSPS) is 44.4. The average Bonchev–Trinajstić information content (AvgIpc) is 3.16. The molecule has 4 nitrogen and oxygen atoms in total. The molecule has 2 saturated carbocycles. The number of hydrogen-bond donors (Lipinski definition) is 2. The van der Waals surface area contributed by atoms with E-state index in [1.807, 2.05) is 6.92 Å². The van der Waals surface area contributed by atoms with Crippen LogP contribution in [0.5, 0.6) is 0 Å². The first-order valence-corrected chi connectivity index (χ1v) is 9.04. The lowest BCUT2D eigenvalue weighted by atomic mass is 9.49. The number of ether oxygens (including phenoxy) is 1. The van der Waals surface area contributed by atoms with Crippen LogP contribution in [0.1, 0.15) is 52.9 Å². The number of epoxide rings is 1. The van der Waals surface area contributed by atoms with E-state index < -0.39 is 17.6 Å². The smallest absolute Gasteiger partial charge is 0.161 e.